The number of benzene rings is 2. The van der Waals surface area contributed by atoms with E-state index < -0.39 is 17.1 Å². The Morgan fingerprint density at radius 3 is 2.52 bits per heavy atom. The van der Waals surface area contributed by atoms with Crippen molar-refractivity contribution in [2.24, 2.45) is 0 Å². The van der Waals surface area contributed by atoms with E-state index in [9.17, 15) is 13.8 Å². The van der Waals surface area contributed by atoms with Crippen molar-refractivity contribution in [2.45, 2.75) is 39.3 Å². The lowest BCUT2D eigenvalue weighted by molar-refractivity contribution is 0.457. The number of nitrogens with zero attached hydrogens (tertiary/aromatic N) is 3. The number of fused-ring (bicyclic) bond motifs is 1. The second-order valence-electron chi connectivity index (χ2n) is 7.63. The van der Waals surface area contributed by atoms with E-state index in [0.29, 0.717) is 42.8 Å². The maximum atomic E-state index is 13.2. The number of imidazole rings is 1. The Labute approximate surface area is 192 Å². The van der Waals surface area contributed by atoms with Crippen molar-refractivity contribution in [3.05, 3.63) is 92.4 Å². The Balaban J connectivity index is 1.72. The molecule has 10 heteroatoms. The molecule has 0 aliphatic heterocycles. The zero-order chi connectivity index (χ0) is 23.4. The van der Waals surface area contributed by atoms with Gasteiger partial charge in [-0.3, -0.25) is 18.5 Å². The van der Waals surface area contributed by atoms with Gasteiger partial charge in [-0.1, -0.05) is 49.4 Å². The fourth-order valence-corrected chi connectivity index (χ4v) is 4.05. The molecule has 2 heterocycles. The van der Waals surface area contributed by atoms with Gasteiger partial charge in [0.05, 0.1) is 0 Å². The molecule has 0 radical (unpaired) electrons. The van der Waals surface area contributed by atoms with E-state index in [2.05, 4.69) is 9.97 Å². The third-order valence-electron chi connectivity index (χ3n) is 5.26. The quantitative estimate of drug-likeness (QED) is 0.365. The average molecular weight is 469 g/mol. The smallest absolute Gasteiger partial charge is 0.357 e. The Morgan fingerprint density at radius 2 is 1.79 bits per heavy atom. The van der Waals surface area contributed by atoms with E-state index in [1.165, 1.54) is 9.13 Å². The molecule has 2 aromatic heterocycles. The van der Waals surface area contributed by atoms with Crippen molar-refractivity contribution in [2.75, 3.05) is 0 Å². The van der Waals surface area contributed by atoms with Gasteiger partial charge in [-0.2, -0.15) is 4.21 Å². The highest BCUT2D eigenvalue weighted by molar-refractivity contribution is 7.74. The lowest BCUT2D eigenvalue weighted by Gasteiger charge is -2.11. The van der Waals surface area contributed by atoms with Crippen LogP contribution in [0.15, 0.2) is 64.2 Å². The van der Waals surface area contributed by atoms with Gasteiger partial charge in [0, 0.05) is 19.5 Å². The van der Waals surface area contributed by atoms with Crippen LogP contribution in [0.25, 0.3) is 11.2 Å². The van der Waals surface area contributed by atoms with Crippen molar-refractivity contribution in [3.63, 3.8) is 0 Å². The number of hydrogen-bond donors (Lipinski definition) is 2. The molecule has 33 heavy (non-hydrogen) atoms. The first-order valence-corrected chi connectivity index (χ1v) is 11.6. The number of rotatable bonds is 9. The standard InChI is InChI=1S/C23H24N4O5S/c1-2-12-27-22(28)20-21(25-19(24-20)15-16-7-4-3-5-8-16)26(23(27)29)13-11-17-9-6-10-18(14-17)32-33(30)31/h3-10,14H,2,11-13,15H2,1H3,(H,24,25)(H,30,31). The van der Waals surface area contributed by atoms with Gasteiger partial charge in [-0.25, -0.2) is 9.78 Å². The molecular formula is C23H24N4O5S. The fraction of sp³-hybridized carbons (Fsp3) is 0.261. The van der Waals surface area contributed by atoms with Gasteiger partial charge in [0.2, 0.25) is 0 Å². The van der Waals surface area contributed by atoms with Crippen LogP contribution in [0.3, 0.4) is 0 Å². The van der Waals surface area contributed by atoms with E-state index >= 15 is 0 Å². The number of aromatic amines is 1. The van der Waals surface area contributed by atoms with E-state index in [1.807, 2.05) is 43.3 Å². The van der Waals surface area contributed by atoms with Gasteiger partial charge in [-0.05, 0) is 36.1 Å². The zero-order valence-electron chi connectivity index (χ0n) is 18.1. The van der Waals surface area contributed by atoms with Crippen LogP contribution in [0, 0.1) is 0 Å². The van der Waals surface area contributed by atoms with Gasteiger partial charge in [0.15, 0.2) is 5.65 Å². The van der Waals surface area contributed by atoms with Crippen molar-refractivity contribution in [1.82, 2.24) is 19.1 Å². The molecule has 172 valence electrons. The normalized spacial score (nSPS) is 12.2. The molecular weight excluding hydrogens is 444 g/mol. The molecule has 4 aromatic rings. The van der Waals surface area contributed by atoms with Crippen molar-refractivity contribution >= 4 is 22.5 Å². The number of aryl methyl sites for hydroxylation is 2. The molecule has 0 saturated heterocycles. The maximum Gasteiger partial charge on any atom is 0.357 e. The van der Waals surface area contributed by atoms with Gasteiger partial charge in [0.1, 0.15) is 17.1 Å². The summed E-state index contributed by atoms with van der Waals surface area (Å²) in [4.78, 5) is 33.9. The third kappa shape index (κ3) is 5.12. The van der Waals surface area contributed by atoms with Gasteiger partial charge < -0.3 is 9.17 Å². The highest BCUT2D eigenvalue weighted by Crippen LogP contribution is 2.16. The lowest BCUT2D eigenvalue weighted by Crippen LogP contribution is -2.40. The van der Waals surface area contributed by atoms with Crippen LogP contribution < -0.4 is 15.4 Å². The summed E-state index contributed by atoms with van der Waals surface area (Å²) in [7, 11) is 0. The van der Waals surface area contributed by atoms with Crippen LogP contribution in [0.4, 0.5) is 0 Å². The monoisotopic (exact) mass is 468 g/mol. The van der Waals surface area contributed by atoms with Gasteiger partial charge >= 0.3 is 17.1 Å². The summed E-state index contributed by atoms with van der Waals surface area (Å²) in [5, 5.41) is 0. The van der Waals surface area contributed by atoms with Crippen LogP contribution >= 0.6 is 0 Å². The Hall–Kier alpha value is -3.50. The Morgan fingerprint density at radius 1 is 1.03 bits per heavy atom. The molecule has 0 fully saturated rings. The number of H-pyrrole nitrogens is 1. The second-order valence-corrected chi connectivity index (χ2v) is 8.23. The highest BCUT2D eigenvalue weighted by Gasteiger charge is 2.17. The minimum atomic E-state index is -2.42. The highest BCUT2D eigenvalue weighted by atomic mass is 32.2. The first-order chi connectivity index (χ1) is 16.0. The summed E-state index contributed by atoms with van der Waals surface area (Å²) in [6, 6.07) is 16.5. The lowest BCUT2D eigenvalue weighted by atomic mass is 10.1. The molecule has 0 saturated carbocycles. The molecule has 0 amide bonds. The topological polar surface area (TPSA) is 119 Å². The molecule has 1 unspecified atom stereocenters. The van der Waals surface area contributed by atoms with Crippen LogP contribution in [0.1, 0.15) is 30.3 Å². The van der Waals surface area contributed by atoms with Crippen molar-refractivity contribution < 1.29 is 12.9 Å². The predicted molar refractivity (Wildman–Crippen MR) is 126 cm³/mol. The summed E-state index contributed by atoms with van der Waals surface area (Å²) < 4.78 is 27.4. The van der Waals surface area contributed by atoms with Gasteiger partial charge in [-0.15, -0.1) is 0 Å². The number of hydrogen-bond acceptors (Lipinski definition) is 5. The molecule has 0 aliphatic rings. The van der Waals surface area contributed by atoms with Crippen LogP contribution in [0.5, 0.6) is 5.75 Å². The Bertz CT molecular complexity index is 1410. The predicted octanol–water partition coefficient (Wildman–Crippen LogP) is 2.65. The molecule has 2 aromatic carbocycles. The van der Waals surface area contributed by atoms with Crippen molar-refractivity contribution in [1.29, 1.82) is 0 Å². The van der Waals surface area contributed by atoms with Crippen molar-refractivity contribution in [3.8, 4) is 5.75 Å². The molecule has 4 rings (SSSR count). The molecule has 0 aliphatic carbocycles. The molecule has 0 spiro atoms. The number of nitrogens with one attached hydrogen (secondary N) is 1. The fourth-order valence-electron chi connectivity index (χ4n) is 3.79. The first kappa shape index (κ1) is 22.7. The molecule has 2 N–H and O–H groups in total. The SMILES string of the molecule is CCCn1c(=O)c2[nH]c(Cc3ccccc3)nc2n(CCc2cccc(OS(=O)O)c2)c1=O. The van der Waals surface area contributed by atoms with Crippen LogP contribution in [-0.4, -0.2) is 27.9 Å². The summed E-state index contributed by atoms with van der Waals surface area (Å²) in [5.74, 6) is 0.864. The Kier molecular flexibility index (Phi) is 6.85. The summed E-state index contributed by atoms with van der Waals surface area (Å²) in [6.07, 6.45) is 1.59. The molecule has 9 nitrogen and oxygen atoms in total. The first-order valence-electron chi connectivity index (χ1n) is 10.6. The zero-order valence-corrected chi connectivity index (χ0v) is 18.9. The largest absolute Gasteiger partial charge is 0.380 e. The molecule has 0 bridgehead atoms. The minimum Gasteiger partial charge on any atom is -0.380 e. The number of aromatic nitrogens is 4. The van der Waals surface area contributed by atoms with Crippen LogP contribution in [-0.2, 0) is 37.3 Å². The second kappa shape index (κ2) is 9.97. The maximum absolute atomic E-state index is 13.2. The van der Waals surface area contributed by atoms with Gasteiger partial charge in [0.25, 0.3) is 5.56 Å². The summed E-state index contributed by atoms with van der Waals surface area (Å²) in [5.41, 5.74) is 1.70. The molecule has 1 atom stereocenters. The third-order valence-corrected chi connectivity index (χ3v) is 5.60. The van der Waals surface area contributed by atoms with E-state index in [-0.39, 0.29) is 17.9 Å². The summed E-state index contributed by atoms with van der Waals surface area (Å²) >= 11 is -2.42. The minimum absolute atomic E-state index is 0.256. The van der Waals surface area contributed by atoms with E-state index in [1.54, 1.807) is 18.2 Å². The van der Waals surface area contributed by atoms with E-state index in [4.69, 9.17) is 8.74 Å². The summed E-state index contributed by atoms with van der Waals surface area (Å²) in [6.45, 7) is 2.50. The average Bonchev–Trinajstić information content (AvgIpc) is 3.21. The van der Waals surface area contributed by atoms with Crippen LogP contribution in [0.2, 0.25) is 0 Å². The van der Waals surface area contributed by atoms with E-state index in [0.717, 1.165) is 11.1 Å².